The first kappa shape index (κ1) is 33.7. The maximum atomic E-state index is 14.2. The molecule has 0 bridgehead atoms. The van der Waals surface area contributed by atoms with Crippen molar-refractivity contribution in [2.45, 2.75) is 39.3 Å². The van der Waals surface area contributed by atoms with Gasteiger partial charge in [-0.3, -0.25) is 9.36 Å². The number of rotatable bonds is 11. The number of aromatic nitrogens is 1. The molecule has 0 spiro atoms. The van der Waals surface area contributed by atoms with Gasteiger partial charge in [-0.15, -0.1) is 0 Å². The molecule has 240 valence electrons. The lowest BCUT2D eigenvalue weighted by atomic mass is 9.93. The molecule has 0 amide bonds. The Balaban J connectivity index is 1.65. The number of esters is 1. The van der Waals surface area contributed by atoms with Crippen LogP contribution in [-0.4, -0.2) is 31.4 Å². The van der Waals surface area contributed by atoms with Crippen LogP contribution in [0.3, 0.4) is 0 Å². The van der Waals surface area contributed by atoms with Gasteiger partial charge in [0.05, 0.1) is 40.2 Å². The Labute approximate surface area is 287 Å². The van der Waals surface area contributed by atoms with Gasteiger partial charge in [-0.25, -0.2) is 14.2 Å². The number of carbonyl (C=O) groups is 1. The Morgan fingerprint density at radius 1 is 1.11 bits per heavy atom. The summed E-state index contributed by atoms with van der Waals surface area (Å²) in [5, 5.41) is 0.425. The van der Waals surface area contributed by atoms with Gasteiger partial charge in [-0.1, -0.05) is 54.5 Å². The second kappa shape index (κ2) is 14.8. The van der Waals surface area contributed by atoms with Gasteiger partial charge in [0, 0.05) is 16.1 Å². The van der Waals surface area contributed by atoms with E-state index in [0.29, 0.717) is 64.0 Å². The van der Waals surface area contributed by atoms with Crippen molar-refractivity contribution in [2.24, 2.45) is 4.99 Å². The lowest BCUT2D eigenvalue weighted by Gasteiger charge is -2.27. The molecule has 1 aliphatic rings. The smallest absolute Gasteiger partial charge is 0.338 e. The minimum atomic E-state index is -0.878. The molecule has 46 heavy (non-hydrogen) atoms. The zero-order valence-corrected chi connectivity index (χ0v) is 29.3. The number of allylic oxidation sites excluding steroid dienone is 1. The average Bonchev–Trinajstić information content (AvgIpc) is 3.34. The Hall–Kier alpha value is -3.68. The van der Waals surface area contributed by atoms with Crippen molar-refractivity contribution in [1.82, 2.24) is 4.57 Å². The van der Waals surface area contributed by atoms with Crippen molar-refractivity contribution >= 4 is 57.6 Å². The molecule has 3 aromatic carbocycles. The largest absolute Gasteiger partial charge is 0.496 e. The molecule has 0 unspecified atom stereocenters. The van der Waals surface area contributed by atoms with Gasteiger partial charge in [0.1, 0.15) is 24.2 Å². The first-order valence-corrected chi connectivity index (χ1v) is 16.8. The Morgan fingerprint density at radius 2 is 1.87 bits per heavy atom. The van der Waals surface area contributed by atoms with E-state index in [-0.39, 0.29) is 30.2 Å². The number of carbonyl (C=O) groups excluding carboxylic acids is 1. The third-order valence-electron chi connectivity index (χ3n) is 7.26. The lowest BCUT2D eigenvalue weighted by Crippen LogP contribution is -2.40. The second-order valence-electron chi connectivity index (χ2n) is 10.2. The summed E-state index contributed by atoms with van der Waals surface area (Å²) in [6.07, 6.45) is 2.97. The Morgan fingerprint density at radius 3 is 2.57 bits per heavy atom. The number of fused-ring (bicyclic) bond motifs is 1. The Bertz CT molecular complexity index is 2010. The van der Waals surface area contributed by atoms with Crippen molar-refractivity contribution < 1.29 is 28.1 Å². The minimum absolute atomic E-state index is 0.0207. The third-order valence-corrected chi connectivity index (χ3v) is 9.28. The molecular weight excluding hydrogens is 746 g/mol. The average molecular weight is 777 g/mol. The number of thiazole rings is 1. The van der Waals surface area contributed by atoms with Crippen LogP contribution in [0.4, 0.5) is 4.39 Å². The van der Waals surface area contributed by atoms with Crippen LogP contribution in [0.15, 0.2) is 75.7 Å². The van der Waals surface area contributed by atoms with Gasteiger partial charge in [0.25, 0.3) is 5.56 Å². The molecule has 12 heteroatoms. The highest BCUT2D eigenvalue weighted by Crippen LogP contribution is 2.39. The van der Waals surface area contributed by atoms with E-state index in [4.69, 9.17) is 35.5 Å². The summed E-state index contributed by atoms with van der Waals surface area (Å²) in [5.74, 6) is 0.445. The maximum absolute atomic E-state index is 14.2. The summed E-state index contributed by atoms with van der Waals surface area (Å²) >= 11 is 9.77. The lowest BCUT2D eigenvalue weighted by molar-refractivity contribution is -0.139. The molecule has 0 saturated heterocycles. The standard InChI is InChI=1S/C34H31ClFIN2O6S/c1-5-9-25-29(33(41)44-6-2)30(22-17-21(35)12-13-26(22)42-3)39-32(40)28(46-34(39)38-25)16-19-14-24(37)31(27(15-19)43-4)45-18-20-10-7-8-11-23(20)36/h7-8,10-17,30H,5-6,9,18H2,1-4H3/b28-16+/t30-/m1/s1. The van der Waals surface area contributed by atoms with Crippen molar-refractivity contribution in [3.63, 3.8) is 0 Å². The van der Waals surface area contributed by atoms with Gasteiger partial charge in [0.2, 0.25) is 0 Å². The number of hydrogen-bond acceptors (Lipinski definition) is 8. The zero-order valence-electron chi connectivity index (χ0n) is 25.6. The van der Waals surface area contributed by atoms with Gasteiger partial charge >= 0.3 is 5.97 Å². The zero-order chi connectivity index (χ0) is 33.0. The highest BCUT2D eigenvalue weighted by Gasteiger charge is 2.36. The molecule has 0 fully saturated rings. The number of halogens is 3. The first-order chi connectivity index (χ1) is 22.2. The molecule has 8 nitrogen and oxygen atoms in total. The molecule has 1 atom stereocenters. The molecule has 5 rings (SSSR count). The molecule has 1 aromatic heterocycles. The topological polar surface area (TPSA) is 88.4 Å². The number of hydrogen-bond donors (Lipinski definition) is 0. The van der Waals surface area contributed by atoms with Crippen LogP contribution >= 0.6 is 45.5 Å². The van der Waals surface area contributed by atoms with E-state index in [9.17, 15) is 14.0 Å². The van der Waals surface area contributed by atoms with Crippen LogP contribution < -0.4 is 29.1 Å². The van der Waals surface area contributed by atoms with E-state index in [1.54, 1.807) is 55.5 Å². The monoisotopic (exact) mass is 776 g/mol. The summed E-state index contributed by atoms with van der Waals surface area (Å²) in [7, 11) is 3.04. The van der Waals surface area contributed by atoms with Crippen molar-refractivity contribution in [3.8, 4) is 17.2 Å². The van der Waals surface area contributed by atoms with Crippen LogP contribution in [0.5, 0.6) is 17.2 Å². The summed E-state index contributed by atoms with van der Waals surface area (Å²) in [6, 6.07) is 14.2. The summed E-state index contributed by atoms with van der Waals surface area (Å²) in [5.41, 5.74) is 2.12. The van der Waals surface area contributed by atoms with E-state index in [0.717, 1.165) is 6.42 Å². The van der Waals surface area contributed by atoms with E-state index < -0.39 is 12.0 Å². The van der Waals surface area contributed by atoms with Crippen LogP contribution in [0.25, 0.3) is 6.08 Å². The van der Waals surface area contributed by atoms with Crippen LogP contribution in [-0.2, 0) is 16.1 Å². The summed E-state index contributed by atoms with van der Waals surface area (Å²) in [4.78, 5) is 33.0. The second-order valence-corrected chi connectivity index (χ2v) is 12.8. The molecule has 0 N–H and O–H groups in total. The molecule has 2 heterocycles. The van der Waals surface area contributed by atoms with Crippen LogP contribution in [0, 0.1) is 9.39 Å². The maximum Gasteiger partial charge on any atom is 0.338 e. The first-order valence-electron chi connectivity index (χ1n) is 14.5. The van der Waals surface area contributed by atoms with E-state index in [1.807, 2.05) is 13.0 Å². The van der Waals surface area contributed by atoms with E-state index >= 15 is 0 Å². The fraction of sp³-hybridized carbons (Fsp3) is 0.265. The van der Waals surface area contributed by atoms with Gasteiger partial charge in [0.15, 0.2) is 16.3 Å². The third kappa shape index (κ3) is 6.86. The molecular formula is C34H31ClFIN2O6S. The van der Waals surface area contributed by atoms with Crippen LogP contribution in [0.1, 0.15) is 49.4 Å². The van der Waals surface area contributed by atoms with Crippen molar-refractivity contribution in [3.05, 3.63) is 117 Å². The molecule has 0 radical (unpaired) electrons. The molecule has 0 saturated carbocycles. The van der Waals surface area contributed by atoms with Gasteiger partial charge in [-0.05, 0) is 84.0 Å². The molecule has 0 aliphatic carbocycles. The fourth-order valence-corrected chi connectivity index (χ4v) is 7.20. The SMILES string of the molecule is CCCC1=C(C(=O)OCC)[C@@H](c2cc(Cl)ccc2OC)n2c(s/c(=C/c3cc(I)c(OCc4ccccc4F)c(OC)c3)c2=O)=N1. The van der Waals surface area contributed by atoms with Gasteiger partial charge < -0.3 is 18.9 Å². The van der Waals surface area contributed by atoms with Gasteiger partial charge in [-0.2, -0.15) is 0 Å². The summed E-state index contributed by atoms with van der Waals surface area (Å²) in [6.45, 7) is 3.90. The van der Waals surface area contributed by atoms with Crippen molar-refractivity contribution in [1.29, 1.82) is 0 Å². The van der Waals surface area contributed by atoms with Crippen LogP contribution in [0.2, 0.25) is 5.02 Å². The highest BCUT2D eigenvalue weighted by molar-refractivity contribution is 14.1. The number of ether oxygens (including phenoxy) is 4. The summed E-state index contributed by atoms with van der Waals surface area (Å²) < 4.78 is 39.5. The fourth-order valence-electron chi connectivity index (χ4n) is 5.21. The predicted octanol–water partition coefficient (Wildman–Crippen LogP) is 6.57. The number of nitrogens with zero attached hydrogens (tertiary/aromatic N) is 2. The minimum Gasteiger partial charge on any atom is -0.496 e. The normalized spacial score (nSPS) is 14.5. The van der Waals surface area contributed by atoms with E-state index in [2.05, 4.69) is 22.6 Å². The Kier molecular flexibility index (Phi) is 10.9. The molecule has 4 aromatic rings. The predicted molar refractivity (Wildman–Crippen MR) is 184 cm³/mol. The number of methoxy groups -OCH3 is 2. The quantitative estimate of drug-likeness (QED) is 0.127. The van der Waals surface area contributed by atoms with E-state index in [1.165, 1.54) is 36.2 Å². The van der Waals surface area contributed by atoms with Crippen molar-refractivity contribution in [2.75, 3.05) is 20.8 Å². The highest BCUT2D eigenvalue weighted by atomic mass is 127. The number of benzene rings is 3. The molecule has 1 aliphatic heterocycles.